The first-order valence-corrected chi connectivity index (χ1v) is 22.7. The van der Waals surface area contributed by atoms with E-state index in [0.717, 1.165) is 55.5 Å². The van der Waals surface area contributed by atoms with Crippen molar-refractivity contribution < 1.29 is 4.42 Å². The van der Waals surface area contributed by atoms with Gasteiger partial charge in [-0.05, 0) is 103 Å². The molecule has 0 fully saturated rings. The lowest BCUT2D eigenvalue weighted by molar-refractivity contribution is 0.590. The van der Waals surface area contributed by atoms with Gasteiger partial charge in [-0.3, -0.25) is 0 Å². The molecule has 0 amide bonds. The smallest absolute Gasteiger partial charge is 0.143 e. The molecule has 2 nitrogen and oxygen atoms in total. The normalized spacial score (nSPS) is 13.0. The van der Waals surface area contributed by atoms with Crippen molar-refractivity contribution in [3.8, 4) is 33.4 Å². The van der Waals surface area contributed by atoms with E-state index in [9.17, 15) is 0 Å². The van der Waals surface area contributed by atoms with E-state index in [1.165, 1.54) is 55.5 Å². The SMILES string of the molecule is CC(C)(C)c1ccc(-c2ccc(N(c3ccc4c(c3)-c3ccccc3C4(c3ccccc3)c3ccccc3)c3ccc4ccccc4c3-c3cccc4c3oc3ccccc34)cc2)cc1. The number of fused-ring (bicyclic) bond motifs is 7. The van der Waals surface area contributed by atoms with Crippen LogP contribution in [0.2, 0.25) is 0 Å². The minimum absolute atomic E-state index is 0.0887. The Hall–Kier alpha value is -7.94. The maximum atomic E-state index is 6.82. The highest BCUT2D eigenvalue weighted by molar-refractivity contribution is 6.15. The summed E-state index contributed by atoms with van der Waals surface area (Å²) >= 11 is 0. The molecule has 65 heavy (non-hydrogen) atoms. The van der Waals surface area contributed by atoms with E-state index in [2.05, 4.69) is 250 Å². The van der Waals surface area contributed by atoms with Crippen LogP contribution in [0.1, 0.15) is 48.6 Å². The Labute approximate surface area is 380 Å². The van der Waals surface area contributed by atoms with Crippen molar-refractivity contribution in [2.24, 2.45) is 0 Å². The van der Waals surface area contributed by atoms with Gasteiger partial charge in [-0.25, -0.2) is 0 Å². The number of benzene rings is 10. The first kappa shape index (κ1) is 38.7. The average Bonchev–Trinajstić information content (AvgIpc) is 3.89. The molecule has 0 N–H and O–H groups in total. The van der Waals surface area contributed by atoms with Crippen LogP contribution in [-0.2, 0) is 10.8 Å². The van der Waals surface area contributed by atoms with Gasteiger partial charge in [0.15, 0.2) is 0 Å². The molecular weight excluding hydrogens is 787 g/mol. The van der Waals surface area contributed by atoms with E-state index in [0.29, 0.717) is 0 Å². The summed E-state index contributed by atoms with van der Waals surface area (Å²) in [7, 11) is 0. The summed E-state index contributed by atoms with van der Waals surface area (Å²) in [6, 6.07) is 84.7. The molecular formula is C63H47NO. The van der Waals surface area contributed by atoms with Crippen LogP contribution in [-0.4, -0.2) is 0 Å². The van der Waals surface area contributed by atoms with Gasteiger partial charge >= 0.3 is 0 Å². The lowest BCUT2D eigenvalue weighted by atomic mass is 9.68. The molecule has 1 aromatic heterocycles. The maximum absolute atomic E-state index is 6.82. The predicted molar refractivity (Wildman–Crippen MR) is 273 cm³/mol. The van der Waals surface area contributed by atoms with E-state index in [4.69, 9.17) is 4.42 Å². The molecule has 0 aliphatic heterocycles. The average molecular weight is 834 g/mol. The van der Waals surface area contributed by atoms with Gasteiger partial charge in [0.05, 0.1) is 11.1 Å². The summed E-state index contributed by atoms with van der Waals surface area (Å²) in [6.45, 7) is 6.80. The lowest BCUT2D eigenvalue weighted by Crippen LogP contribution is -2.28. The Morgan fingerprint density at radius 3 is 1.71 bits per heavy atom. The molecule has 1 aliphatic carbocycles. The zero-order valence-corrected chi connectivity index (χ0v) is 36.8. The first-order chi connectivity index (χ1) is 31.9. The molecule has 0 saturated carbocycles. The molecule has 0 spiro atoms. The molecule has 12 rings (SSSR count). The molecule has 0 atom stereocenters. The fourth-order valence-corrected chi connectivity index (χ4v) is 10.6. The third kappa shape index (κ3) is 6.16. The molecule has 0 saturated heterocycles. The second-order valence-corrected chi connectivity index (χ2v) is 18.4. The number of hydrogen-bond acceptors (Lipinski definition) is 2. The monoisotopic (exact) mass is 833 g/mol. The molecule has 0 unspecified atom stereocenters. The fraction of sp³-hybridized carbons (Fsp3) is 0.0794. The number of para-hydroxylation sites is 2. The van der Waals surface area contributed by atoms with Gasteiger partial charge in [0.1, 0.15) is 11.2 Å². The topological polar surface area (TPSA) is 16.4 Å². The van der Waals surface area contributed by atoms with Crippen molar-refractivity contribution in [3.63, 3.8) is 0 Å². The lowest BCUT2D eigenvalue weighted by Gasteiger charge is -2.34. The van der Waals surface area contributed by atoms with Gasteiger partial charge in [0.2, 0.25) is 0 Å². The Morgan fingerprint density at radius 2 is 0.985 bits per heavy atom. The highest BCUT2D eigenvalue weighted by atomic mass is 16.3. The van der Waals surface area contributed by atoms with Gasteiger partial charge in [-0.15, -0.1) is 0 Å². The predicted octanol–water partition coefficient (Wildman–Crippen LogP) is 17.2. The summed E-state index contributed by atoms with van der Waals surface area (Å²) in [5, 5.41) is 4.56. The van der Waals surface area contributed by atoms with Gasteiger partial charge in [-0.1, -0.05) is 215 Å². The number of furan rings is 1. The third-order valence-corrected chi connectivity index (χ3v) is 13.7. The summed E-state index contributed by atoms with van der Waals surface area (Å²) in [5.41, 5.74) is 18.0. The Kier molecular flexibility index (Phi) is 9.00. The van der Waals surface area contributed by atoms with Crippen molar-refractivity contribution in [1.29, 1.82) is 0 Å². The van der Waals surface area contributed by atoms with Gasteiger partial charge in [-0.2, -0.15) is 0 Å². The van der Waals surface area contributed by atoms with E-state index >= 15 is 0 Å². The zero-order chi connectivity index (χ0) is 43.7. The van der Waals surface area contributed by atoms with Gasteiger partial charge in [0, 0.05) is 33.3 Å². The number of rotatable bonds is 7. The second-order valence-electron chi connectivity index (χ2n) is 18.4. The zero-order valence-electron chi connectivity index (χ0n) is 36.8. The minimum atomic E-state index is -0.493. The van der Waals surface area contributed by atoms with E-state index in [-0.39, 0.29) is 5.41 Å². The molecule has 1 aliphatic rings. The minimum Gasteiger partial charge on any atom is -0.455 e. The van der Waals surface area contributed by atoms with Crippen molar-refractivity contribution in [2.75, 3.05) is 4.90 Å². The van der Waals surface area contributed by atoms with Crippen LogP contribution in [0, 0.1) is 0 Å². The van der Waals surface area contributed by atoms with Gasteiger partial charge in [0.25, 0.3) is 0 Å². The highest BCUT2D eigenvalue weighted by Gasteiger charge is 2.46. The largest absolute Gasteiger partial charge is 0.455 e. The van der Waals surface area contributed by atoms with Gasteiger partial charge < -0.3 is 9.32 Å². The number of nitrogens with zero attached hydrogens (tertiary/aromatic N) is 1. The summed E-state index contributed by atoms with van der Waals surface area (Å²) in [5.74, 6) is 0. The Morgan fingerprint density at radius 1 is 0.415 bits per heavy atom. The third-order valence-electron chi connectivity index (χ3n) is 13.7. The van der Waals surface area contributed by atoms with E-state index in [1.807, 2.05) is 6.07 Å². The van der Waals surface area contributed by atoms with E-state index in [1.54, 1.807) is 0 Å². The Balaban J connectivity index is 1.12. The van der Waals surface area contributed by atoms with Crippen LogP contribution in [0.4, 0.5) is 17.1 Å². The van der Waals surface area contributed by atoms with Crippen LogP contribution in [0.3, 0.4) is 0 Å². The van der Waals surface area contributed by atoms with Crippen LogP contribution in [0.25, 0.3) is 66.1 Å². The van der Waals surface area contributed by atoms with E-state index < -0.39 is 5.41 Å². The van der Waals surface area contributed by atoms with Crippen molar-refractivity contribution in [3.05, 3.63) is 258 Å². The molecule has 10 aromatic carbocycles. The standard InChI is InChI=1S/C63H47NO/c1-62(2,3)45-34-29-42(30-35-45)43-31-36-48(37-32-43)64(58-40-33-44-17-10-11-22-50(44)60(58)54-26-16-25-53-52-24-13-15-28-59(52)65-61(53)54)49-38-39-57-55(41-49)51-23-12-14-27-56(51)63(57,46-18-6-4-7-19-46)47-20-8-5-9-21-47/h4-41H,1-3H3. The quantitative estimate of drug-likeness (QED) is 0.159. The van der Waals surface area contributed by atoms with Crippen LogP contribution in [0.5, 0.6) is 0 Å². The first-order valence-electron chi connectivity index (χ1n) is 22.7. The molecule has 0 bridgehead atoms. The molecule has 310 valence electrons. The van der Waals surface area contributed by atoms with Crippen LogP contribution < -0.4 is 4.90 Å². The van der Waals surface area contributed by atoms with Crippen LogP contribution in [0.15, 0.2) is 235 Å². The summed E-state index contributed by atoms with van der Waals surface area (Å²) in [4.78, 5) is 2.46. The summed E-state index contributed by atoms with van der Waals surface area (Å²) in [6.07, 6.45) is 0. The molecule has 0 radical (unpaired) electrons. The van der Waals surface area contributed by atoms with Crippen LogP contribution >= 0.6 is 0 Å². The maximum Gasteiger partial charge on any atom is 0.143 e. The fourth-order valence-electron chi connectivity index (χ4n) is 10.6. The van der Waals surface area contributed by atoms with Crippen molar-refractivity contribution in [1.82, 2.24) is 0 Å². The highest BCUT2D eigenvalue weighted by Crippen LogP contribution is 2.58. The number of hydrogen-bond donors (Lipinski definition) is 0. The number of anilines is 3. The van der Waals surface area contributed by atoms with Crippen molar-refractivity contribution in [2.45, 2.75) is 31.6 Å². The summed E-state index contributed by atoms with van der Waals surface area (Å²) < 4.78 is 6.82. The molecule has 11 aromatic rings. The molecule has 1 heterocycles. The Bertz CT molecular complexity index is 3520. The molecule has 2 heteroatoms. The van der Waals surface area contributed by atoms with Crippen molar-refractivity contribution >= 4 is 49.8 Å². The second kappa shape index (κ2) is 15.1.